The Morgan fingerprint density at radius 2 is 2.12 bits per heavy atom. The summed E-state index contributed by atoms with van der Waals surface area (Å²) in [6.45, 7) is 6.72. The van der Waals surface area contributed by atoms with Gasteiger partial charge < -0.3 is 9.50 Å². The normalized spacial score (nSPS) is 12.9. The minimum atomic E-state index is -3.55. The smallest absolute Gasteiger partial charge is 0.306 e. The number of rotatable bonds is 4. The molecule has 6 heteroatoms. The number of hydrogen-bond donors (Lipinski definition) is 1. The van der Waals surface area contributed by atoms with E-state index in [9.17, 15) is 13.2 Å². The lowest BCUT2D eigenvalue weighted by atomic mass is 10.1. The van der Waals surface area contributed by atoms with Crippen LogP contribution in [0, 0.1) is 6.92 Å². The van der Waals surface area contributed by atoms with Crippen LogP contribution in [-0.2, 0) is 14.9 Å². The van der Waals surface area contributed by atoms with Gasteiger partial charge in [-0.3, -0.25) is 4.79 Å². The summed E-state index contributed by atoms with van der Waals surface area (Å²) in [6.07, 6.45) is 0.963. The first-order chi connectivity index (χ1) is 7.78. The zero-order valence-corrected chi connectivity index (χ0v) is 10.3. The van der Waals surface area contributed by atoms with Gasteiger partial charge in [0.2, 0.25) is 5.91 Å². The number of amides is 1. The van der Waals surface area contributed by atoms with Crippen LogP contribution in [0.4, 0.5) is 0 Å². The molecule has 0 aliphatic rings. The van der Waals surface area contributed by atoms with Gasteiger partial charge in [0.15, 0.2) is 0 Å². The molecule has 1 rings (SSSR count). The van der Waals surface area contributed by atoms with Crippen molar-refractivity contribution in [2.75, 3.05) is 6.26 Å². The Kier molecular flexibility index (Phi) is 4.11. The summed E-state index contributed by atoms with van der Waals surface area (Å²) in [5.74, 6) is -0.449. The molecule has 0 fully saturated rings. The van der Waals surface area contributed by atoms with Crippen LogP contribution in [-0.4, -0.2) is 20.6 Å². The largest absolute Gasteiger partial charge is 0.383 e. The van der Waals surface area contributed by atoms with E-state index in [0.29, 0.717) is 5.56 Å². The molecule has 0 saturated carbocycles. The van der Waals surface area contributed by atoms with E-state index in [1.807, 2.05) is 0 Å². The van der Waals surface area contributed by atoms with Crippen LogP contribution in [0.5, 0.6) is 5.75 Å². The van der Waals surface area contributed by atoms with Gasteiger partial charge in [-0.15, -0.1) is 0 Å². The molecule has 0 aliphatic heterocycles. The summed E-state index contributed by atoms with van der Waals surface area (Å²) in [7, 11) is -3.55. The van der Waals surface area contributed by atoms with E-state index < -0.39 is 16.0 Å². The zero-order chi connectivity index (χ0) is 13.1. The highest BCUT2D eigenvalue weighted by Crippen LogP contribution is 2.19. The van der Waals surface area contributed by atoms with Gasteiger partial charge in [-0.05, 0) is 24.6 Å². The second-order valence-corrected chi connectivity index (χ2v) is 5.17. The molecule has 1 aromatic carbocycles. The molecule has 5 nitrogen and oxygen atoms in total. The lowest BCUT2D eigenvalue weighted by Crippen LogP contribution is -2.23. The first kappa shape index (κ1) is 13.5. The van der Waals surface area contributed by atoms with Crippen LogP contribution >= 0.6 is 0 Å². The summed E-state index contributed by atoms with van der Waals surface area (Å²) >= 11 is 0. The van der Waals surface area contributed by atoms with Crippen LogP contribution in [0.25, 0.3) is 0 Å². The summed E-state index contributed by atoms with van der Waals surface area (Å²) in [6, 6.07) is 6.09. The maximum absolute atomic E-state index is 10.9. The second-order valence-electron chi connectivity index (χ2n) is 3.59. The van der Waals surface area contributed by atoms with E-state index in [2.05, 4.69) is 5.32 Å². The predicted octanol–water partition coefficient (Wildman–Crippen LogP) is 0.913. The second kappa shape index (κ2) is 5.18. The van der Waals surface area contributed by atoms with Gasteiger partial charge in [0.1, 0.15) is 5.75 Å². The van der Waals surface area contributed by atoms with E-state index in [4.69, 9.17) is 11.1 Å². The number of nitrogens with one attached hydrogen (secondary N) is 1. The van der Waals surface area contributed by atoms with Crippen molar-refractivity contribution in [3.8, 4) is 5.75 Å². The molecular formula is C11H13NO4S. The van der Waals surface area contributed by atoms with Crippen molar-refractivity contribution in [2.45, 2.75) is 13.0 Å². The van der Waals surface area contributed by atoms with Crippen molar-refractivity contribution in [3.05, 3.63) is 36.8 Å². The van der Waals surface area contributed by atoms with Crippen LogP contribution in [0.15, 0.2) is 24.3 Å². The first-order valence-electron chi connectivity index (χ1n) is 4.83. The van der Waals surface area contributed by atoms with Crippen molar-refractivity contribution in [2.24, 2.45) is 0 Å². The average molecular weight is 255 g/mol. The predicted molar refractivity (Wildman–Crippen MR) is 62.8 cm³/mol. The van der Waals surface area contributed by atoms with E-state index in [1.165, 1.54) is 12.1 Å². The van der Waals surface area contributed by atoms with Crippen LogP contribution in [0.1, 0.15) is 18.5 Å². The standard InChI is InChI=1S/C11H13NO4S/c1-8(12-9(2)13)10-5-4-6-11(7-10)16-17(3,14)15/h2,4-8H,1,3H3,(H,12,13). The highest BCUT2D eigenvalue weighted by atomic mass is 32.2. The third-order valence-corrected chi connectivity index (χ3v) is 2.46. The third-order valence-electron chi connectivity index (χ3n) is 1.96. The number of carbonyl (C=O) groups excluding carboxylic acids is 1. The third kappa shape index (κ3) is 4.86. The molecule has 1 N–H and O–H groups in total. The van der Waals surface area contributed by atoms with Crippen molar-refractivity contribution in [3.63, 3.8) is 0 Å². The number of benzene rings is 1. The van der Waals surface area contributed by atoms with Gasteiger partial charge in [-0.25, -0.2) is 0 Å². The molecule has 1 unspecified atom stereocenters. The quantitative estimate of drug-likeness (QED) is 0.812. The molecule has 1 amide bonds. The Balaban J connectivity index is 2.89. The Labute approximate surface area is 101 Å². The van der Waals surface area contributed by atoms with Crippen molar-refractivity contribution >= 4 is 16.0 Å². The Bertz CT molecular complexity index is 510. The van der Waals surface area contributed by atoms with Crippen molar-refractivity contribution in [1.29, 1.82) is 0 Å². The van der Waals surface area contributed by atoms with Gasteiger partial charge in [-0.2, -0.15) is 8.42 Å². The van der Waals surface area contributed by atoms with E-state index in [0.717, 1.165) is 6.26 Å². The molecule has 0 aliphatic carbocycles. The summed E-state index contributed by atoms with van der Waals surface area (Å²) < 4.78 is 26.6. The van der Waals surface area contributed by atoms with E-state index >= 15 is 0 Å². The minimum Gasteiger partial charge on any atom is -0.383 e. The summed E-state index contributed by atoms with van der Waals surface area (Å²) in [5, 5.41) is 2.48. The molecule has 0 heterocycles. The SMILES string of the molecule is [CH]C(=O)NC(C)c1cccc(OS(C)(=O)=O)c1. The fourth-order valence-electron chi connectivity index (χ4n) is 1.31. The van der Waals surface area contributed by atoms with Gasteiger partial charge in [-0.1, -0.05) is 12.1 Å². The molecule has 92 valence electrons. The lowest BCUT2D eigenvalue weighted by Gasteiger charge is -2.13. The lowest BCUT2D eigenvalue weighted by molar-refractivity contribution is -0.117. The zero-order valence-electron chi connectivity index (χ0n) is 9.51. The van der Waals surface area contributed by atoms with Crippen molar-refractivity contribution < 1.29 is 17.4 Å². The fraction of sp³-hybridized carbons (Fsp3) is 0.273. The number of carbonyl (C=O) groups is 1. The van der Waals surface area contributed by atoms with E-state index in [1.54, 1.807) is 19.1 Å². The van der Waals surface area contributed by atoms with Gasteiger partial charge >= 0.3 is 10.1 Å². The Morgan fingerprint density at radius 1 is 1.47 bits per heavy atom. The molecular weight excluding hydrogens is 242 g/mol. The topological polar surface area (TPSA) is 72.5 Å². The van der Waals surface area contributed by atoms with Gasteiger partial charge in [0.05, 0.1) is 19.2 Å². The van der Waals surface area contributed by atoms with Gasteiger partial charge in [0.25, 0.3) is 0 Å². The average Bonchev–Trinajstić information content (AvgIpc) is 2.14. The van der Waals surface area contributed by atoms with Crippen LogP contribution in [0.2, 0.25) is 0 Å². The summed E-state index contributed by atoms with van der Waals surface area (Å²) in [5.41, 5.74) is 0.699. The molecule has 1 aromatic rings. The highest BCUT2D eigenvalue weighted by Gasteiger charge is 2.09. The monoisotopic (exact) mass is 255 g/mol. The minimum absolute atomic E-state index is 0.197. The Morgan fingerprint density at radius 3 is 2.65 bits per heavy atom. The first-order valence-corrected chi connectivity index (χ1v) is 6.65. The maximum atomic E-state index is 10.9. The van der Waals surface area contributed by atoms with Gasteiger partial charge in [0, 0.05) is 0 Å². The molecule has 0 spiro atoms. The maximum Gasteiger partial charge on any atom is 0.306 e. The molecule has 1 atom stereocenters. The molecule has 2 radical (unpaired) electrons. The van der Waals surface area contributed by atoms with E-state index in [-0.39, 0.29) is 11.8 Å². The van der Waals surface area contributed by atoms with Crippen LogP contribution < -0.4 is 9.50 Å². The molecule has 0 bridgehead atoms. The molecule has 0 saturated heterocycles. The molecule has 17 heavy (non-hydrogen) atoms. The van der Waals surface area contributed by atoms with Crippen LogP contribution in [0.3, 0.4) is 0 Å². The highest BCUT2D eigenvalue weighted by molar-refractivity contribution is 7.86. The summed E-state index contributed by atoms with van der Waals surface area (Å²) in [4.78, 5) is 10.7. The van der Waals surface area contributed by atoms with Crippen molar-refractivity contribution in [1.82, 2.24) is 5.32 Å². The number of hydrogen-bond acceptors (Lipinski definition) is 4. The fourth-order valence-corrected chi connectivity index (χ4v) is 1.76. The Hall–Kier alpha value is -1.56. The molecule has 0 aromatic heterocycles.